The van der Waals surface area contributed by atoms with E-state index in [1.54, 1.807) is 6.20 Å². The number of carboxylic acids is 1. The van der Waals surface area contributed by atoms with Crippen molar-refractivity contribution >= 4 is 17.5 Å². The number of aromatic nitrogens is 1. The fourth-order valence-corrected chi connectivity index (χ4v) is 2.74. The predicted molar refractivity (Wildman–Crippen MR) is 123 cm³/mol. The Bertz CT molecular complexity index is 828. The molecule has 2 aromatic carbocycles. The van der Waals surface area contributed by atoms with E-state index in [2.05, 4.69) is 15.6 Å². The molecule has 0 radical (unpaired) electrons. The molecule has 0 saturated carbocycles. The number of anilines is 2. The lowest BCUT2D eigenvalue weighted by Crippen LogP contribution is -2.20. The summed E-state index contributed by atoms with van der Waals surface area (Å²) in [5, 5.41) is 15.4. The standard InChI is InChI=1S/C18H24N4O2.C6H6/c19-18-16(3-1-10-22-18)21-11-2-9-20-12-8-14-4-6-15(7-5-14)13-17(23)24;1-2-4-6-5-3-1/h1,3-7,10,20-21H,2,8-9,11-13H2,(H2,19,22)(H,23,24);1-6H. The Balaban J connectivity index is 0.000000456. The molecule has 1 aromatic heterocycles. The van der Waals surface area contributed by atoms with Gasteiger partial charge in [0.2, 0.25) is 0 Å². The summed E-state index contributed by atoms with van der Waals surface area (Å²) in [6.07, 6.45) is 3.67. The summed E-state index contributed by atoms with van der Waals surface area (Å²) in [6.45, 7) is 2.66. The van der Waals surface area contributed by atoms with Crippen LogP contribution in [-0.2, 0) is 17.6 Å². The van der Waals surface area contributed by atoms with Crippen molar-refractivity contribution in [3.05, 3.63) is 90.1 Å². The minimum absolute atomic E-state index is 0.0764. The van der Waals surface area contributed by atoms with Gasteiger partial charge in [-0.05, 0) is 49.2 Å². The lowest BCUT2D eigenvalue weighted by Gasteiger charge is -2.09. The molecular formula is C24H30N4O2. The molecular weight excluding hydrogens is 376 g/mol. The number of nitrogens with two attached hydrogens (primary N) is 1. The van der Waals surface area contributed by atoms with Crippen LogP contribution in [0, 0.1) is 0 Å². The first-order valence-corrected chi connectivity index (χ1v) is 10.1. The van der Waals surface area contributed by atoms with Gasteiger partial charge in [0.15, 0.2) is 0 Å². The van der Waals surface area contributed by atoms with Gasteiger partial charge in [0.25, 0.3) is 0 Å². The average Bonchev–Trinajstić information content (AvgIpc) is 2.77. The van der Waals surface area contributed by atoms with Crippen LogP contribution in [0.2, 0.25) is 0 Å². The quantitative estimate of drug-likeness (QED) is 0.384. The molecule has 0 saturated heterocycles. The highest BCUT2D eigenvalue weighted by atomic mass is 16.4. The second-order valence-electron chi connectivity index (χ2n) is 6.76. The molecule has 6 heteroatoms. The number of rotatable bonds is 10. The highest BCUT2D eigenvalue weighted by molar-refractivity contribution is 5.70. The number of benzene rings is 2. The summed E-state index contributed by atoms with van der Waals surface area (Å²) < 4.78 is 0. The number of nitrogen functional groups attached to an aromatic ring is 1. The number of hydrogen-bond donors (Lipinski definition) is 4. The van der Waals surface area contributed by atoms with Gasteiger partial charge in [-0.2, -0.15) is 0 Å². The van der Waals surface area contributed by atoms with E-state index in [9.17, 15) is 4.79 Å². The highest BCUT2D eigenvalue weighted by Gasteiger charge is 2.00. The van der Waals surface area contributed by atoms with Crippen molar-refractivity contribution in [2.45, 2.75) is 19.3 Å². The first-order chi connectivity index (χ1) is 14.6. The Morgan fingerprint density at radius 2 is 1.50 bits per heavy atom. The van der Waals surface area contributed by atoms with Crippen molar-refractivity contribution < 1.29 is 9.90 Å². The molecule has 5 N–H and O–H groups in total. The van der Waals surface area contributed by atoms with Crippen molar-refractivity contribution in [1.29, 1.82) is 0 Å². The third-order valence-corrected chi connectivity index (χ3v) is 4.32. The Labute approximate surface area is 178 Å². The van der Waals surface area contributed by atoms with Gasteiger partial charge >= 0.3 is 5.97 Å². The number of carboxylic acid groups (broad SMARTS) is 1. The number of pyridine rings is 1. The van der Waals surface area contributed by atoms with Gasteiger partial charge in [-0.1, -0.05) is 60.7 Å². The number of nitrogens with one attached hydrogen (secondary N) is 2. The van der Waals surface area contributed by atoms with Crippen LogP contribution in [0.4, 0.5) is 11.5 Å². The molecule has 3 rings (SSSR count). The third-order valence-electron chi connectivity index (χ3n) is 4.32. The van der Waals surface area contributed by atoms with Gasteiger partial charge in [-0.3, -0.25) is 4.79 Å². The van der Waals surface area contributed by atoms with Gasteiger partial charge < -0.3 is 21.5 Å². The van der Waals surface area contributed by atoms with Crippen LogP contribution in [-0.4, -0.2) is 35.7 Å². The van der Waals surface area contributed by atoms with E-state index in [-0.39, 0.29) is 6.42 Å². The van der Waals surface area contributed by atoms with Crippen LogP contribution < -0.4 is 16.4 Å². The van der Waals surface area contributed by atoms with E-state index in [1.165, 1.54) is 5.56 Å². The molecule has 3 aromatic rings. The largest absolute Gasteiger partial charge is 0.481 e. The van der Waals surface area contributed by atoms with E-state index in [4.69, 9.17) is 10.8 Å². The van der Waals surface area contributed by atoms with Crippen LogP contribution in [0.5, 0.6) is 0 Å². The average molecular weight is 407 g/mol. The normalized spacial score (nSPS) is 10.0. The van der Waals surface area contributed by atoms with Crippen molar-refractivity contribution in [3.8, 4) is 0 Å². The van der Waals surface area contributed by atoms with Gasteiger partial charge in [0, 0.05) is 12.7 Å². The Kier molecular flexibility index (Phi) is 10.5. The molecule has 1 heterocycles. The fourth-order valence-electron chi connectivity index (χ4n) is 2.74. The maximum Gasteiger partial charge on any atom is 0.307 e. The van der Waals surface area contributed by atoms with Crippen LogP contribution in [0.15, 0.2) is 79.0 Å². The van der Waals surface area contributed by atoms with Crippen molar-refractivity contribution in [3.63, 3.8) is 0 Å². The Morgan fingerprint density at radius 3 is 2.10 bits per heavy atom. The minimum Gasteiger partial charge on any atom is -0.481 e. The molecule has 0 unspecified atom stereocenters. The summed E-state index contributed by atoms with van der Waals surface area (Å²) in [4.78, 5) is 14.7. The molecule has 0 bridgehead atoms. The van der Waals surface area contributed by atoms with E-state index in [1.807, 2.05) is 72.8 Å². The first kappa shape index (κ1) is 22.9. The Hall–Kier alpha value is -3.38. The lowest BCUT2D eigenvalue weighted by atomic mass is 10.1. The van der Waals surface area contributed by atoms with E-state index in [0.29, 0.717) is 5.82 Å². The summed E-state index contributed by atoms with van der Waals surface area (Å²) in [5.74, 6) is -0.275. The number of aliphatic carboxylic acids is 1. The molecule has 158 valence electrons. The maximum absolute atomic E-state index is 10.6. The molecule has 30 heavy (non-hydrogen) atoms. The fraction of sp³-hybridized carbons (Fsp3) is 0.250. The Morgan fingerprint density at radius 1 is 0.867 bits per heavy atom. The second-order valence-corrected chi connectivity index (χ2v) is 6.76. The SMILES string of the molecule is Nc1ncccc1NCCCNCCc1ccc(CC(=O)O)cc1.c1ccccc1. The third kappa shape index (κ3) is 9.71. The van der Waals surface area contributed by atoms with Crippen LogP contribution in [0.3, 0.4) is 0 Å². The van der Waals surface area contributed by atoms with Crippen molar-refractivity contribution in [2.24, 2.45) is 0 Å². The predicted octanol–water partition coefficient (Wildman–Crippen LogP) is 3.61. The topological polar surface area (TPSA) is 100 Å². The van der Waals surface area contributed by atoms with Crippen LogP contribution in [0.1, 0.15) is 17.5 Å². The monoisotopic (exact) mass is 406 g/mol. The summed E-state index contributed by atoms with van der Waals surface area (Å²) in [5.41, 5.74) is 8.68. The van der Waals surface area contributed by atoms with E-state index in [0.717, 1.165) is 43.7 Å². The van der Waals surface area contributed by atoms with E-state index < -0.39 is 5.97 Å². The zero-order chi connectivity index (χ0) is 21.4. The molecule has 6 nitrogen and oxygen atoms in total. The molecule has 0 aliphatic rings. The van der Waals surface area contributed by atoms with Gasteiger partial charge in [0.1, 0.15) is 5.82 Å². The second kappa shape index (κ2) is 13.7. The van der Waals surface area contributed by atoms with Crippen molar-refractivity contribution in [1.82, 2.24) is 10.3 Å². The molecule has 0 atom stereocenters. The summed E-state index contributed by atoms with van der Waals surface area (Å²) in [7, 11) is 0. The van der Waals surface area contributed by atoms with Crippen molar-refractivity contribution in [2.75, 3.05) is 30.7 Å². The van der Waals surface area contributed by atoms with Gasteiger partial charge in [-0.25, -0.2) is 4.98 Å². The molecule has 0 fully saturated rings. The minimum atomic E-state index is -0.800. The zero-order valence-corrected chi connectivity index (χ0v) is 17.1. The molecule has 0 aliphatic heterocycles. The highest BCUT2D eigenvalue weighted by Crippen LogP contribution is 2.12. The maximum atomic E-state index is 10.6. The number of carbonyl (C=O) groups is 1. The molecule has 0 spiro atoms. The molecule has 0 aliphatic carbocycles. The smallest absolute Gasteiger partial charge is 0.307 e. The zero-order valence-electron chi connectivity index (χ0n) is 17.1. The van der Waals surface area contributed by atoms with Crippen LogP contribution >= 0.6 is 0 Å². The summed E-state index contributed by atoms with van der Waals surface area (Å²) in [6, 6.07) is 23.5. The first-order valence-electron chi connectivity index (χ1n) is 10.1. The van der Waals surface area contributed by atoms with E-state index >= 15 is 0 Å². The summed E-state index contributed by atoms with van der Waals surface area (Å²) >= 11 is 0. The number of nitrogens with zero attached hydrogens (tertiary/aromatic N) is 1. The lowest BCUT2D eigenvalue weighted by molar-refractivity contribution is -0.136. The van der Waals surface area contributed by atoms with Crippen LogP contribution in [0.25, 0.3) is 0 Å². The number of hydrogen-bond acceptors (Lipinski definition) is 5. The van der Waals surface area contributed by atoms with Gasteiger partial charge in [-0.15, -0.1) is 0 Å². The van der Waals surface area contributed by atoms with Gasteiger partial charge in [0.05, 0.1) is 12.1 Å². The molecule has 0 amide bonds.